The minimum atomic E-state index is 0.706. The Hall–Kier alpha value is -2.32. The summed E-state index contributed by atoms with van der Waals surface area (Å²) in [5.41, 5.74) is 2.09. The average Bonchev–Trinajstić information content (AvgIpc) is 2.95. The normalized spacial score (nSPS) is 11.1. The molecule has 104 valence electrons. The van der Waals surface area contributed by atoms with Crippen molar-refractivity contribution < 1.29 is 8.98 Å². The second-order valence-electron chi connectivity index (χ2n) is 4.78. The van der Waals surface area contributed by atoms with Crippen molar-refractivity contribution in [1.29, 1.82) is 0 Å². The van der Waals surface area contributed by atoms with Gasteiger partial charge in [0.15, 0.2) is 6.20 Å². The van der Waals surface area contributed by atoms with Gasteiger partial charge in [0.2, 0.25) is 5.69 Å². The first kappa shape index (κ1) is 13.7. The van der Waals surface area contributed by atoms with Crippen molar-refractivity contribution in [2.45, 2.75) is 0 Å². The van der Waals surface area contributed by atoms with Crippen LogP contribution in [0.1, 0.15) is 11.5 Å². The second-order valence-corrected chi connectivity index (χ2v) is 5.22. The summed E-state index contributed by atoms with van der Waals surface area (Å²) >= 11 is 6.00. The van der Waals surface area contributed by atoms with Crippen LogP contribution in [-0.2, 0) is 7.05 Å². The number of aryl methyl sites for hydroxylation is 1. The Balaban J connectivity index is 1.84. The Morgan fingerprint density at radius 1 is 1.00 bits per heavy atom. The number of hydrogen-bond donors (Lipinski definition) is 0. The number of halogens is 1. The molecule has 0 radical (unpaired) electrons. The molecule has 21 heavy (non-hydrogen) atoms. The summed E-state index contributed by atoms with van der Waals surface area (Å²) in [6.07, 6.45) is 6.00. The zero-order valence-electron chi connectivity index (χ0n) is 11.7. The Bertz CT molecular complexity index is 789. The number of nitrogens with zero attached hydrogens (tertiary/aromatic N) is 1. The van der Waals surface area contributed by atoms with Gasteiger partial charge in [0.05, 0.1) is 0 Å². The van der Waals surface area contributed by atoms with E-state index < -0.39 is 0 Å². The quantitative estimate of drug-likeness (QED) is 0.646. The maximum atomic E-state index is 6.00. The molecule has 3 heteroatoms. The van der Waals surface area contributed by atoms with Gasteiger partial charge in [0, 0.05) is 28.8 Å². The third kappa shape index (κ3) is 3.23. The van der Waals surface area contributed by atoms with Gasteiger partial charge in [-0.15, -0.1) is 0 Å². The lowest BCUT2D eigenvalue weighted by Crippen LogP contribution is -2.30. The van der Waals surface area contributed by atoms with Crippen LogP contribution in [0.2, 0.25) is 5.02 Å². The fraction of sp³-hybridized carbons (Fsp3) is 0.0556. The lowest BCUT2D eigenvalue weighted by Gasteiger charge is -1.97. The fourth-order valence-electron chi connectivity index (χ4n) is 2.12. The van der Waals surface area contributed by atoms with Crippen molar-refractivity contribution in [3.05, 3.63) is 77.3 Å². The highest BCUT2D eigenvalue weighted by Gasteiger charge is 2.04. The molecule has 0 aliphatic rings. The third-order valence-corrected chi connectivity index (χ3v) is 3.48. The molecular weight excluding hydrogens is 282 g/mol. The van der Waals surface area contributed by atoms with Gasteiger partial charge >= 0.3 is 0 Å². The largest absolute Gasteiger partial charge is 0.457 e. The van der Waals surface area contributed by atoms with Crippen molar-refractivity contribution in [3.8, 4) is 11.3 Å². The number of aromatic nitrogens is 1. The van der Waals surface area contributed by atoms with E-state index in [2.05, 4.69) is 10.6 Å². The third-order valence-electron chi connectivity index (χ3n) is 3.25. The van der Waals surface area contributed by atoms with Crippen LogP contribution < -0.4 is 4.57 Å². The summed E-state index contributed by atoms with van der Waals surface area (Å²) in [5.74, 6) is 1.63. The Kier molecular flexibility index (Phi) is 3.89. The minimum Gasteiger partial charge on any atom is -0.457 e. The first-order valence-corrected chi connectivity index (χ1v) is 7.09. The Morgan fingerprint density at radius 3 is 2.71 bits per heavy atom. The number of benzene rings is 1. The molecule has 0 fully saturated rings. The molecule has 0 N–H and O–H groups in total. The van der Waals surface area contributed by atoms with Gasteiger partial charge < -0.3 is 4.42 Å². The van der Waals surface area contributed by atoms with Crippen LogP contribution in [-0.4, -0.2) is 0 Å². The Morgan fingerprint density at radius 2 is 1.90 bits per heavy atom. The predicted molar refractivity (Wildman–Crippen MR) is 85.7 cm³/mol. The van der Waals surface area contributed by atoms with Gasteiger partial charge in [0.25, 0.3) is 0 Å². The van der Waals surface area contributed by atoms with Crippen LogP contribution in [0.5, 0.6) is 0 Å². The number of furan rings is 1. The Labute approximate surface area is 128 Å². The van der Waals surface area contributed by atoms with Crippen LogP contribution in [0.25, 0.3) is 23.5 Å². The predicted octanol–water partition coefficient (Wildman–Crippen LogP) is 4.59. The lowest BCUT2D eigenvalue weighted by molar-refractivity contribution is -0.673. The van der Waals surface area contributed by atoms with E-state index in [1.54, 1.807) is 0 Å². The second kappa shape index (κ2) is 5.98. The number of pyridine rings is 1. The average molecular weight is 297 g/mol. The molecule has 0 saturated carbocycles. The number of rotatable bonds is 3. The highest BCUT2D eigenvalue weighted by atomic mass is 35.5. The fourth-order valence-corrected chi connectivity index (χ4v) is 2.31. The van der Waals surface area contributed by atoms with E-state index in [4.69, 9.17) is 16.0 Å². The van der Waals surface area contributed by atoms with Crippen LogP contribution in [0.15, 0.2) is 65.2 Å². The molecule has 0 bridgehead atoms. The molecular formula is C18H15ClNO+. The van der Waals surface area contributed by atoms with E-state index in [1.165, 1.54) is 0 Å². The summed E-state index contributed by atoms with van der Waals surface area (Å²) in [4.78, 5) is 0. The molecule has 1 aromatic carbocycles. The van der Waals surface area contributed by atoms with Crippen molar-refractivity contribution in [2.75, 3.05) is 0 Å². The molecule has 2 aromatic heterocycles. The van der Waals surface area contributed by atoms with Gasteiger partial charge in [-0.25, -0.2) is 4.57 Å². The van der Waals surface area contributed by atoms with Crippen LogP contribution in [0.4, 0.5) is 0 Å². The van der Waals surface area contributed by atoms with E-state index in [9.17, 15) is 0 Å². The van der Waals surface area contributed by atoms with Gasteiger partial charge in [-0.3, -0.25) is 0 Å². The standard InChI is InChI=1S/C18H15ClNO/c1-20-12-3-2-7-16(20)8-9-17-10-11-18(21-17)14-5-4-6-15(19)13-14/h2-13H,1H3/q+1/b9-8+. The molecule has 0 amide bonds. The summed E-state index contributed by atoms with van der Waals surface area (Å²) < 4.78 is 7.88. The summed E-state index contributed by atoms with van der Waals surface area (Å²) in [7, 11) is 2.01. The van der Waals surface area contributed by atoms with E-state index in [1.807, 2.05) is 73.9 Å². The molecule has 3 aromatic rings. The molecule has 2 heterocycles. The van der Waals surface area contributed by atoms with Crippen LogP contribution in [0.3, 0.4) is 0 Å². The highest BCUT2D eigenvalue weighted by molar-refractivity contribution is 6.30. The van der Waals surface area contributed by atoms with Gasteiger partial charge in [-0.05, 0) is 36.4 Å². The van der Waals surface area contributed by atoms with Gasteiger partial charge in [-0.1, -0.05) is 23.7 Å². The zero-order chi connectivity index (χ0) is 14.7. The van der Waals surface area contributed by atoms with Crippen LogP contribution >= 0.6 is 11.6 Å². The van der Waals surface area contributed by atoms with Gasteiger partial charge in [0.1, 0.15) is 18.6 Å². The highest BCUT2D eigenvalue weighted by Crippen LogP contribution is 2.25. The maximum absolute atomic E-state index is 6.00. The van der Waals surface area contributed by atoms with Crippen molar-refractivity contribution in [1.82, 2.24) is 0 Å². The maximum Gasteiger partial charge on any atom is 0.205 e. The van der Waals surface area contributed by atoms with Crippen molar-refractivity contribution >= 4 is 23.8 Å². The SMILES string of the molecule is C[n+]1ccccc1/C=C/c1ccc(-c2cccc(Cl)c2)o1. The smallest absolute Gasteiger partial charge is 0.205 e. The minimum absolute atomic E-state index is 0.706. The van der Waals surface area contributed by atoms with E-state index in [0.29, 0.717) is 5.02 Å². The number of hydrogen-bond acceptors (Lipinski definition) is 1. The lowest BCUT2D eigenvalue weighted by atomic mass is 10.2. The summed E-state index contributed by atoms with van der Waals surface area (Å²) in [6.45, 7) is 0. The topological polar surface area (TPSA) is 17.0 Å². The first-order valence-electron chi connectivity index (χ1n) is 6.71. The van der Waals surface area contributed by atoms with E-state index >= 15 is 0 Å². The van der Waals surface area contributed by atoms with E-state index in [0.717, 1.165) is 22.8 Å². The van der Waals surface area contributed by atoms with Crippen molar-refractivity contribution in [3.63, 3.8) is 0 Å². The molecule has 0 unspecified atom stereocenters. The summed E-state index contributed by atoms with van der Waals surface area (Å²) in [6, 6.07) is 17.6. The molecule has 3 rings (SSSR count). The first-order chi connectivity index (χ1) is 10.2. The zero-order valence-corrected chi connectivity index (χ0v) is 12.4. The molecule has 2 nitrogen and oxygen atoms in total. The van der Waals surface area contributed by atoms with E-state index in [-0.39, 0.29) is 0 Å². The van der Waals surface area contributed by atoms with Gasteiger partial charge in [-0.2, -0.15) is 0 Å². The molecule has 0 aliphatic carbocycles. The monoisotopic (exact) mass is 296 g/mol. The molecule has 0 aliphatic heterocycles. The van der Waals surface area contributed by atoms with Crippen LogP contribution in [0, 0.1) is 0 Å². The molecule has 0 spiro atoms. The summed E-state index contributed by atoms with van der Waals surface area (Å²) in [5, 5.41) is 0.706. The molecule has 0 saturated heterocycles. The molecule has 0 atom stereocenters. The van der Waals surface area contributed by atoms with Crippen molar-refractivity contribution in [2.24, 2.45) is 7.05 Å².